The summed E-state index contributed by atoms with van der Waals surface area (Å²) in [6, 6.07) is 6.48. The van der Waals surface area contributed by atoms with Crippen molar-refractivity contribution in [3.8, 4) is 11.4 Å². The monoisotopic (exact) mass is 308 g/mol. The van der Waals surface area contributed by atoms with Gasteiger partial charge >= 0.3 is 0 Å². The summed E-state index contributed by atoms with van der Waals surface area (Å²) in [6.45, 7) is 6.68. The van der Waals surface area contributed by atoms with Crippen LogP contribution in [-0.4, -0.2) is 14.8 Å². The number of aromatic nitrogens is 3. The van der Waals surface area contributed by atoms with Crippen molar-refractivity contribution in [1.29, 1.82) is 0 Å². The number of nitrogens with zero attached hydrogens (tertiary/aromatic N) is 3. The highest BCUT2D eigenvalue weighted by molar-refractivity contribution is 9.10. The van der Waals surface area contributed by atoms with Gasteiger partial charge in [0, 0.05) is 16.1 Å². The predicted molar refractivity (Wildman–Crippen MR) is 76.2 cm³/mol. The largest absolute Gasteiger partial charge is 0.324 e. The van der Waals surface area contributed by atoms with Crippen LogP contribution in [0.1, 0.15) is 31.3 Å². The van der Waals surface area contributed by atoms with E-state index >= 15 is 0 Å². The quantitative estimate of drug-likeness (QED) is 0.948. The van der Waals surface area contributed by atoms with Gasteiger partial charge in [-0.3, -0.25) is 0 Å². The number of rotatable bonds is 3. The van der Waals surface area contributed by atoms with Gasteiger partial charge in [0.1, 0.15) is 5.82 Å². The molecule has 0 unspecified atom stereocenters. The van der Waals surface area contributed by atoms with E-state index in [-0.39, 0.29) is 6.04 Å². The van der Waals surface area contributed by atoms with E-state index in [1.54, 1.807) is 0 Å². The molecule has 0 spiro atoms. The molecule has 0 radical (unpaired) electrons. The van der Waals surface area contributed by atoms with Crippen LogP contribution < -0.4 is 5.73 Å². The van der Waals surface area contributed by atoms with Gasteiger partial charge < -0.3 is 10.3 Å². The van der Waals surface area contributed by atoms with E-state index in [9.17, 15) is 0 Å². The summed E-state index contributed by atoms with van der Waals surface area (Å²) >= 11 is 3.55. The molecular formula is C13H17BrN4. The number of benzene rings is 1. The zero-order chi connectivity index (χ0) is 13.3. The molecule has 5 heteroatoms. The van der Waals surface area contributed by atoms with Crippen LogP contribution in [0.3, 0.4) is 0 Å². The smallest absolute Gasteiger partial charge is 0.164 e. The van der Waals surface area contributed by atoms with Crippen LogP contribution in [0, 0.1) is 6.92 Å². The van der Waals surface area contributed by atoms with Gasteiger partial charge in [-0.05, 0) is 32.4 Å². The molecule has 0 aliphatic heterocycles. The highest BCUT2D eigenvalue weighted by atomic mass is 79.9. The second-order valence-corrected chi connectivity index (χ2v) is 5.43. The van der Waals surface area contributed by atoms with Crippen molar-refractivity contribution in [1.82, 2.24) is 14.8 Å². The fraction of sp³-hybridized carbons (Fsp3) is 0.385. The first-order valence-corrected chi connectivity index (χ1v) is 6.74. The summed E-state index contributed by atoms with van der Waals surface area (Å²) in [5, 5.41) is 8.42. The van der Waals surface area contributed by atoms with Crippen molar-refractivity contribution >= 4 is 15.9 Å². The number of hydrogen-bond acceptors (Lipinski definition) is 3. The lowest BCUT2D eigenvalue weighted by molar-refractivity contribution is 0.574. The molecular weight excluding hydrogens is 292 g/mol. The van der Waals surface area contributed by atoms with Crippen molar-refractivity contribution in [3.63, 3.8) is 0 Å². The predicted octanol–water partition coefficient (Wildman–Crippen LogP) is 3.06. The van der Waals surface area contributed by atoms with Crippen molar-refractivity contribution < 1.29 is 0 Å². The molecule has 1 aromatic carbocycles. The van der Waals surface area contributed by atoms with Gasteiger partial charge in [-0.25, -0.2) is 0 Å². The molecule has 0 saturated heterocycles. The minimum atomic E-state index is 0.286. The van der Waals surface area contributed by atoms with E-state index in [2.05, 4.69) is 69.7 Å². The Hall–Kier alpha value is -1.20. The molecule has 2 rings (SSSR count). The Labute approximate surface area is 115 Å². The molecule has 0 atom stereocenters. The molecule has 2 aromatic rings. The maximum absolute atomic E-state index is 5.70. The topological polar surface area (TPSA) is 56.7 Å². The van der Waals surface area contributed by atoms with Crippen LogP contribution in [0.2, 0.25) is 0 Å². The second-order valence-electron chi connectivity index (χ2n) is 4.57. The SMILES string of the molecule is Cc1ccc(-c2nnc(CN)n2C(C)C)cc1Br. The van der Waals surface area contributed by atoms with Gasteiger partial charge in [0.25, 0.3) is 0 Å². The first kappa shape index (κ1) is 13.2. The summed E-state index contributed by atoms with van der Waals surface area (Å²) in [4.78, 5) is 0. The lowest BCUT2D eigenvalue weighted by atomic mass is 10.1. The summed E-state index contributed by atoms with van der Waals surface area (Å²) < 4.78 is 3.16. The van der Waals surface area contributed by atoms with Gasteiger partial charge in [0.2, 0.25) is 0 Å². The van der Waals surface area contributed by atoms with Crippen molar-refractivity contribution in [3.05, 3.63) is 34.1 Å². The molecule has 0 aliphatic rings. The normalized spacial score (nSPS) is 11.2. The first-order valence-electron chi connectivity index (χ1n) is 5.95. The Morgan fingerprint density at radius 1 is 1.33 bits per heavy atom. The number of hydrogen-bond donors (Lipinski definition) is 1. The van der Waals surface area contributed by atoms with Crippen LogP contribution in [0.5, 0.6) is 0 Å². The average Bonchev–Trinajstić information content (AvgIpc) is 2.76. The van der Waals surface area contributed by atoms with E-state index < -0.39 is 0 Å². The third-order valence-electron chi connectivity index (χ3n) is 2.90. The first-order chi connectivity index (χ1) is 8.54. The minimum absolute atomic E-state index is 0.286. The van der Waals surface area contributed by atoms with Crippen LogP contribution in [0.4, 0.5) is 0 Å². The molecule has 18 heavy (non-hydrogen) atoms. The molecule has 0 bridgehead atoms. The maximum Gasteiger partial charge on any atom is 0.164 e. The van der Waals surface area contributed by atoms with Crippen molar-refractivity contribution in [2.24, 2.45) is 5.73 Å². The van der Waals surface area contributed by atoms with E-state index in [1.165, 1.54) is 5.56 Å². The van der Waals surface area contributed by atoms with Crippen molar-refractivity contribution in [2.75, 3.05) is 0 Å². The van der Waals surface area contributed by atoms with Crippen LogP contribution in [0.25, 0.3) is 11.4 Å². The molecule has 1 heterocycles. The lowest BCUT2D eigenvalue weighted by Crippen LogP contribution is -2.11. The zero-order valence-corrected chi connectivity index (χ0v) is 12.4. The zero-order valence-electron chi connectivity index (χ0n) is 10.8. The third kappa shape index (κ3) is 2.33. The Balaban J connectivity index is 2.56. The van der Waals surface area contributed by atoms with Gasteiger partial charge in [-0.1, -0.05) is 28.1 Å². The van der Waals surface area contributed by atoms with E-state index in [4.69, 9.17) is 5.73 Å². The standard InChI is InChI=1S/C13H17BrN4/c1-8(2)18-12(7-15)16-17-13(18)10-5-4-9(3)11(14)6-10/h4-6,8H,7,15H2,1-3H3. The van der Waals surface area contributed by atoms with Crippen LogP contribution >= 0.6 is 15.9 Å². The number of halogens is 1. The Kier molecular flexibility index (Phi) is 3.82. The average molecular weight is 309 g/mol. The minimum Gasteiger partial charge on any atom is -0.324 e. The van der Waals surface area contributed by atoms with Gasteiger partial charge in [-0.15, -0.1) is 10.2 Å². The van der Waals surface area contributed by atoms with Gasteiger partial charge in [0.15, 0.2) is 5.82 Å². The summed E-state index contributed by atoms with van der Waals surface area (Å²) in [5.41, 5.74) is 7.95. The maximum atomic E-state index is 5.70. The van der Waals surface area contributed by atoms with Crippen molar-refractivity contribution in [2.45, 2.75) is 33.4 Å². The summed E-state index contributed by atoms with van der Waals surface area (Å²) in [7, 11) is 0. The summed E-state index contributed by atoms with van der Waals surface area (Å²) in [6.07, 6.45) is 0. The van der Waals surface area contributed by atoms with Gasteiger partial charge in [-0.2, -0.15) is 0 Å². The number of nitrogens with two attached hydrogens (primary N) is 1. The van der Waals surface area contributed by atoms with E-state index in [1.807, 2.05) is 0 Å². The van der Waals surface area contributed by atoms with Crippen LogP contribution in [-0.2, 0) is 6.54 Å². The molecule has 1 aromatic heterocycles. The number of aryl methyl sites for hydroxylation is 1. The molecule has 0 aliphatic carbocycles. The Morgan fingerprint density at radius 2 is 2.06 bits per heavy atom. The summed E-state index contributed by atoms with van der Waals surface area (Å²) in [5.74, 6) is 1.68. The van der Waals surface area contributed by atoms with E-state index in [0.29, 0.717) is 6.54 Å². The van der Waals surface area contributed by atoms with Gasteiger partial charge in [0.05, 0.1) is 6.54 Å². The fourth-order valence-electron chi connectivity index (χ4n) is 1.93. The second kappa shape index (κ2) is 5.20. The van der Waals surface area contributed by atoms with E-state index in [0.717, 1.165) is 21.7 Å². The Morgan fingerprint density at radius 3 is 2.61 bits per heavy atom. The molecule has 96 valence electrons. The highest BCUT2D eigenvalue weighted by Crippen LogP contribution is 2.26. The fourth-order valence-corrected chi connectivity index (χ4v) is 2.31. The third-order valence-corrected chi connectivity index (χ3v) is 3.75. The lowest BCUT2D eigenvalue weighted by Gasteiger charge is -2.13. The van der Waals surface area contributed by atoms with Crippen LogP contribution in [0.15, 0.2) is 22.7 Å². The molecule has 0 saturated carbocycles. The highest BCUT2D eigenvalue weighted by Gasteiger charge is 2.15. The Bertz CT molecular complexity index is 560. The molecule has 0 amide bonds. The molecule has 2 N–H and O–H groups in total. The molecule has 0 fully saturated rings. The molecule has 4 nitrogen and oxygen atoms in total.